The molecule has 0 radical (unpaired) electrons. The van der Waals surface area contributed by atoms with E-state index in [0.717, 1.165) is 0 Å². The van der Waals surface area contributed by atoms with E-state index in [2.05, 4.69) is 16.7 Å². The van der Waals surface area contributed by atoms with E-state index in [1.807, 2.05) is 0 Å². The van der Waals surface area contributed by atoms with Crippen LogP contribution in [0.3, 0.4) is 0 Å². The zero-order valence-electron chi connectivity index (χ0n) is 2.89. The first-order chi connectivity index (χ1) is 2.50. The molecule has 0 N–H and O–H groups in total. The zero-order chi connectivity index (χ0) is 3.54. The van der Waals surface area contributed by atoms with Crippen molar-refractivity contribution >= 4 is 25.5 Å². The summed E-state index contributed by atoms with van der Waals surface area (Å²) < 4.78 is 3.74. The molecule has 0 unspecified atom stereocenters. The Bertz CT molecular complexity index is 65.0. The van der Waals surface area contributed by atoms with Gasteiger partial charge in [-0.2, -0.15) is 0 Å². The van der Waals surface area contributed by atoms with Gasteiger partial charge in [-0.05, 0) is 0 Å². The van der Waals surface area contributed by atoms with Gasteiger partial charge in [0.25, 0.3) is 0 Å². The van der Waals surface area contributed by atoms with Crippen molar-refractivity contribution in [2.75, 3.05) is 0 Å². The van der Waals surface area contributed by atoms with Crippen LogP contribution in [0.5, 0.6) is 0 Å². The van der Waals surface area contributed by atoms with Gasteiger partial charge in [-0.25, -0.2) is 0 Å². The minimum absolute atomic E-state index is 0.231. The Balaban J connectivity index is 2.61. The second kappa shape index (κ2) is 1.92. The number of hydrogen-bond acceptors (Lipinski definition) is 0. The van der Waals surface area contributed by atoms with Crippen LogP contribution >= 0.6 is 0 Å². The Morgan fingerprint density at radius 3 is 3.00 bits per heavy atom. The van der Waals surface area contributed by atoms with Gasteiger partial charge in [0.15, 0.2) is 0 Å². The van der Waals surface area contributed by atoms with E-state index in [0.29, 0.717) is 0 Å². The topological polar surface area (TPSA) is 0 Å². The molecule has 0 nitrogen and oxygen atoms in total. The molecule has 2 heteroatoms. The van der Waals surface area contributed by atoms with E-state index in [1.54, 1.807) is 0 Å². The zero-order valence-corrected chi connectivity index (χ0v) is 5.44. The van der Waals surface area contributed by atoms with Gasteiger partial charge in [0.2, 0.25) is 0 Å². The summed E-state index contributed by atoms with van der Waals surface area (Å²) in [4.78, 5) is 0. The molecule has 0 fully saturated rings. The summed E-state index contributed by atoms with van der Waals surface area (Å²) in [6.07, 6.45) is 2.25. The minimum atomic E-state index is 0.231. The van der Waals surface area contributed by atoms with E-state index in [9.17, 15) is 0 Å². The molecular weight excluding hydrogens is 169 g/mol. The van der Waals surface area contributed by atoms with Crippen molar-refractivity contribution in [1.29, 1.82) is 0 Å². The molecule has 1 rings (SSSR count). The molecule has 0 aliphatic carbocycles. The van der Waals surface area contributed by atoms with Crippen LogP contribution in [0.1, 0.15) is 0 Å². The first-order valence-electron chi connectivity index (χ1n) is 1.65. The Morgan fingerprint density at radius 2 is 2.80 bits per heavy atom. The van der Waals surface area contributed by atoms with Crippen LogP contribution in [0.4, 0.5) is 0 Å². The molecule has 1 aliphatic heterocycles. The molecule has 0 saturated carbocycles. The van der Waals surface area contributed by atoms with Crippen LogP contribution in [-0.2, 0) is 0 Å². The van der Waals surface area contributed by atoms with Crippen molar-refractivity contribution in [3.8, 4) is 0 Å². The molecule has 5 heavy (non-hydrogen) atoms. The fraction of sp³-hybridized carbons (Fsp3) is 0.333. The average Bonchev–Trinajstić information content (AvgIpc) is 1.76. The fourth-order valence-corrected chi connectivity index (χ4v) is 2.04. The third-order valence-electron chi connectivity index (χ3n) is 0.538. The van der Waals surface area contributed by atoms with E-state index in [4.69, 9.17) is 0 Å². The van der Waals surface area contributed by atoms with Gasteiger partial charge < -0.3 is 0 Å². The van der Waals surface area contributed by atoms with Crippen molar-refractivity contribution in [1.82, 2.24) is 0 Å². The molecule has 0 bridgehead atoms. The summed E-state index contributed by atoms with van der Waals surface area (Å²) in [6, 6.07) is 0. The van der Waals surface area contributed by atoms with E-state index >= 15 is 0 Å². The Morgan fingerprint density at radius 1 is 1.80 bits per heavy atom. The van der Waals surface area contributed by atoms with Gasteiger partial charge in [0, 0.05) is 0 Å². The van der Waals surface area contributed by atoms with Gasteiger partial charge in [0.1, 0.15) is 0 Å². The molecule has 0 aromatic carbocycles. The first kappa shape index (κ1) is 3.80. The van der Waals surface area contributed by atoms with Crippen molar-refractivity contribution < 1.29 is 0 Å². The van der Waals surface area contributed by atoms with Crippen molar-refractivity contribution in [2.45, 2.75) is 4.37 Å². The quantitative estimate of drug-likeness (QED) is 0.460. The second-order valence-electron chi connectivity index (χ2n) is 0.942. The van der Waals surface area contributed by atoms with E-state index in [1.165, 1.54) is 4.37 Å². The van der Waals surface area contributed by atoms with Crippen LogP contribution < -0.4 is 0 Å². The SMILES string of the molecule is [B]1=[Sb][CH2]C=C1. The first-order valence-corrected chi connectivity index (χ1v) is 4.93. The molecule has 0 aromatic heterocycles. The molecular formula is C3H4BSb. The van der Waals surface area contributed by atoms with Crippen LogP contribution in [-0.4, -0.2) is 25.5 Å². The number of rotatable bonds is 0. The van der Waals surface area contributed by atoms with Gasteiger partial charge in [-0.3, -0.25) is 0 Å². The summed E-state index contributed by atoms with van der Waals surface area (Å²) in [7, 11) is 0. The monoisotopic (exact) mass is 172 g/mol. The van der Waals surface area contributed by atoms with Crippen LogP contribution in [0.2, 0.25) is 4.37 Å². The molecule has 1 aliphatic rings. The standard InChI is InChI=1S/C3H4B.Sb/c1-2-3-4;/h2-3H,1H2;. The van der Waals surface area contributed by atoms with E-state index in [-0.39, 0.29) is 20.9 Å². The predicted octanol–water partition coefficient (Wildman–Crippen LogP) is 0.255. The number of allylic oxidation sites excluding steroid dienone is 1. The molecule has 24 valence electrons. The van der Waals surface area contributed by atoms with Crippen LogP contribution in [0.15, 0.2) is 12.1 Å². The Hall–Kier alpha value is 0.623. The molecule has 0 aromatic rings. The Labute approximate surface area is 42.2 Å². The van der Waals surface area contributed by atoms with Gasteiger partial charge in [-0.15, -0.1) is 0 Å². The number of hydrogen-bond donors (Lipinski definition) is 0. The molecule has 0 atom stereocenters. The normalized spacial score (nSPS) is 16.0. The van der Waals surface area contributed by atoms with Crippen LogP contribution in [0, 0.1) is 0 Å². The van der Waals surface area contributed by atoms with Crippen LogP contribution in [0.25, 0.3) is 0 Å². The van der Waals surface area contributed by atoms with Gasteiger partial charge in [-0.1, -0.05) is 0 Å². The molecule has 1 heterocycles. The van der Waals surface area contributed by atoms with Gasteiger partial charge in [0.05, 0.1) is 0 Å². The summed E-state index contributed by atoms with van der Waals surface area (Å²) in [5.74, 6) is 2.18. The fourth-order valence-electron chi connectivity index (χ4n) is 0.304. The molecule has 0 saturated heterocycles. The predicted molar refractivity (Wildman–Crippen MR) is 25.5 cm³/mol. The van der Waals surface area contributed by atoms with Gasteiger partial charge >= 0.3 is 42.0 Å². The summed E-state index contributed by atoms with van der Waals surface area (Å²) in [5, 5.41) is 0. The summed E-state index contributed by atoms with van der Waals surface area (Å²) >= 11 is 0.231. The maximum absolute atomic E-state index is 2.33. The van der Waals surface area contributed by atoms with E-state index < -0.39 is 0 Å². The third kappa shape index (κ3) is 1.01. The summed E-state index contributed by atoms with van der Waals surface area (Å²) in [6.45, 7) is 0. The third-order valence-corrected chi connectivity index (χ3v) is 2.83. The van der Waals surface area contributed by atoms with Crippen molar-refractivity contribution in [3.05, 3.63) is 12.1 Å². The second-order valence-corrected chi connectivity index (χ2v) is 3.88. The maximum atomic E-state index is 2.33. The average molecular weight is 173 g/mol. The molecule has 0 amide bonds. The summed E-state index contributed by atoms with van der Waals surface area (Å²) in [5.41, 5.74) is 0. The van der Waals surface area contributed by atoms with Crippen molar-refractivity contribution in [3.63, 3.8) is 0 Å². The van der Waals surface area contributed by atoms with Crippen molar-refractivity contribution in [2.24, 2.45) is 0 Å². The Kier molecular flexibility index (Phi) is 1.46. The molecule has 0 spiro atoms.